The lowest BCUT2D eigenvalue weighted by Crippen LogP contribution is -2.28. The third-order valence-electron chi connectivity index (χ3n) is 13.2. The Morgan fingerprint density at radius 3 is 1.86 bits per heavy atom. The monoisotopic (exact) mass is 749 g/mol. The number of anilines is 3. The third kappa shape index (κ3) is 5.99. The lowest BCUT2D eigenvalue weighted by molar-refractivity contribution is 0.443. The Labute approximate surface area is 344 Å². The Morgan fingerprint density at radius 2 is 1.14 bits per heavy atom. The van der Waals surface area contributed by atoms with Gasteiger partial charge in [-0.25, -0.2) is 0 Å². The lowest BCUT2D eigenvalue weighted by Gasteiger charge is -2.35. The molecule has 8 aromatic carbocycles. The number of hydrogen-bond donors (Lipinski definition) is 0. The maximum Gasteiger partial charge on any atom is 0.0714 e. The van der Waals surface area contributed by atoms with Crippen molar-refractivity contribution < 1.29 is 0 Å². The Morgan fingerprint density at radius 1 is 0.500 bits per heavy atom. The van der Waals surface area contributed by atoms with Gasteiger partial charge in [0.1, 0.15) is 0 Å². The Bertz CT molecular complexity index is 2710. The van der Waals surface area contributed by atoms with Crippen molar-refractivity contribution in [3.63, 3.8) is 0 Å². The summed E-state index contributed by atoms with van der Waals surface area (Å²) in [5.74, 6) is 0.965. The molecule has 0 radical (unpaired) electrons. The van der Waals surface area contributed by atoms with Crippen LogP contribution in [0.4, 0.5) is 17.1 Å². The summed E-state index contributed by atoms with van der Waals surface area (Å²) in [6.07, 6.45) is 6.50. The van der Waals surface area contributed by atoms with Crippen molar-refractivity contribution in [2.75, 3.05) is 4.90 Å². The molecule has 2 aliphatic rings. The second kappa shape index (κ2) is 15.0. The van der Waals surface area contributed by atoms with Crippen LogP contribution < -0.4 is 4.90 Å². The van der Waals surface area contributed by atoms with Crippen LogP contribution in [0.5, 0.6) is 0 Å². The Hall–Kier alpha value is -6.18. The number of hydrogen-bond acceptors (Lipinski definition) is 1. The van der Waals surface area contributed by atoms with Crippen LogP contribution in [0.3, 0.4) is 0 Å². The minimum absolute atomic E-state index is 0.373. The average Bonchev–Trinajstić information content (AvgIpc) is 3.58. The summed E-state index contributed by atoms with van der Waals surface area (Å²) in [4.78, 5) is 2.59. The fourth-order valence-corrected chi connectivity index (χ4v) is 10.5. The van der Waals surface area contributed by atoms with Gasteiger partial charge in [0.15, 0.2) is 0 Å². The van der Waals surface area contributed by atoms with Crippen LogP contribution >= 0.6 is 0 Å². The summed E-state index contributed by atoms with van der Waals surface area (Å²) in [6.45, 7) is 6.91. The highest BCUT2D eigenvalue weighted by atomic mass is 15.1. The summed E-state index contributed by atoms with van der Waals surface area (Å²) in [5, 5.41) is 2.49. The minimum atomic E-state index is -0.499. The highest BCUT2D eigenvalue weighted by Crippen LogP contribution is 2.58. The molecular weight excluding hydrogens is 699 g/mol. The Kier molecular flexibility index (Phi) is 9.33. The lowest BCUT2D eigenvalue weighted by atomic mass is 9.67. The van der Waals surface area contributed by atoms with Gasteiger partial charge >= 0.3 is 0 Å². The molecule has 1 heteroatoms. The number of nitrogens with zero attached hydrogens (tertiary/aromatic N) is 1. The zero-order chi connectivity index (χ0) is 39.2. The van der Waals surface area contributed by atoms with Crippen molar-refractivity contribution in [1.29, 1.82) is 0 Å². The van der Waals surface area contributed by atoms with Gasteiger partial charge in [0.05, 0.1) is 11.1 Å². The van der Waals surface area contributed by atoms with Gasteiger partial charge in [-0.05, 0) is 134 Å². The fourth-order valence-electron chi connectivity index (χ4n) is 10.5. The number of rotatable bonds is 8. The van der Waals surface area contributed by atoms with Gasteiger partial charge in [-0.2, -0.15) is 0 Å². The first kappa shape index (κ1) is 36.2. The molecule has 0 aromatic heterocycles. The molecule has 1 fully saturated rings. The molecule has 1 nitrogen and oxygen atoms in total. The van der Waals surface area contributed by atoms with E-state index in [0.29, 0.717) is 11.8 Å². The molecule has 58 heavy (non-hydrogen) atoms. The molecule has 2 aliphatic carbocycles. The molecule has 1 saturated carbocycles. The van der Waals surface area contributed by atoms with Gasteiger partial charge in [-0.1, -0.05) is 179 Å². The molecule has 0 aliphatic heterocycles. The zero-order valence-corrected chi connectivity index (χ0v) is 34.0. The molecule has 0 atom stereocenters. The van der Waals surface area contributed by atoms with E-state index in [1.54, 1.807) is 0 Å². The van der Waals surface area contributed by atoms with Crippen molar-refractivity contribution in [2.45, 2.75) is 70.1 Å². The molecule has 8 aromatic rings. The minimum Gasteiger partial charge on any atom is -0.310 e. The second-order valence-corrected chi connectivity index (χ2v) is 16.9. The molecule has 0 spiro atoms. The molecule has 10 rings (SSSR count). The fraction of sp³-hybridized carbons (Fsp3) is 0.193. The van der Waals surface area contributed by atoms with Gasteiger partial charge in [0.25, 0.3) is 0 Å². The van der Waals surface area contributed by atoms with E-state index < -0.39 is 5.41 Å². The normalized spacial score (nSPS) is 14.7. The molecule has 0 amide bonds. The molecule has 0 unspecified atom stereocenters. The topological polar surface area (TPSA) is 3.24 Å². The Balaban J connectivity index is 1.29. The standard InChI is InChI=1S/C57H51N/c1-39(2)49-30-15-16-31-50(49)52-36-43-22-13-14-23-44(43)37-55(52)58(47-29-18-24-42(35-47)41-20-7-4-8-21-41)48-33-34-51-54(38-48)57(45-25-9-5-10-26-45,46-27-11-6-12-28-46)53-32-17-19-40(3)56(51)53/h5-6,9-19,22-39,41H,4,7-8,20-21H2,1-3H3. The number of aryl methyl sites for hydroxylation is 1. The van der Waals surface area contributed by atoms with Crippen LogP contribution in [0.1, 0.15) is 96.7 Å². The molecule has 0 saturated heterocycles. The van der Waals surface area contributed by atoms with E-state index in [9.17, 15) is 0 Å². The number of fused-ring (bicyclic) bond motifs is 4. The second-order valence-electron chi connectivity index (χ2n) is 16.9. The van der Waals surface area contributed by atoms with Gasteiger partial charge in [0.2, 0.25) is 0 Å². The summed E-state index contributed by atoms with van der Waals surface area (Å²) < 4.78 is 0. The maximum atomic E-state index is 2.59. The third-order valence-corrected chi connectivity index (χ3v) is 13.2. The molecular formula is C57H51N. The van der Waals surface area contributed by atoms with Crippen LogP contribution in [0.25, 0.3) is 33.0 Å². The first-order valence-corrected chi connectivity index (χ1v) is 21.4. The highest BCUT2D eigenvalue weighted by Gasteiger charge is 2.47. The summed E-state index contributed by atoms with van der Waals surface area (Å²) >= 11 is 0. The van der Waals surface area contributed by atoms with Crippen LogP contribution in [0.2, 0.25) is 0 Å². The van der Waals surface area contributed by atoms with E-state index in [4.69, 9.17) is 0 Å². The van der Waals surface area contributed by atoms with Gasteiger partial charge in [-0.15, -0.1) is 0 Å². The summed E-state index contributed by atoms with van der Waals surface area (Å²) in [7, 11) is 0. The first-order valence-electron chi connectivity index (χ1n) is 21.4. The van der Waals surface area contributed by atoms with Crippen molar-refractivity contribution in [2.24, 2.45) is 0 Å². The largest absolute Gasteiger partial charge is 0.310 e. The van der Waals surface area contributed by atoms with Crippen molar-refractivity contribution in [3.8, 4) is 22.3 Å². The van der Waals surface area contributed by atoms with E-state index in [-0.39, 0.29) is 0 Å². The summed E-state index contributed by atoms with van der Waals surface area (Å²) in [6, 6.07) is 69.0. The van der Waals surface area contributed by atoms with E-state index in [2.05, 4.69) is 208 Å². The quantitative estimate of drug-likeness (QED) is 0.150. The molecule has 0 N–H and O–H groups in total. The zero-order valence-electron chi connectivity index (χ0n) is 34.0. The maximum absolute atomic E-state index is 2.59. The van der Waals surface area contributed by atoms with Crippen LogP contribution in [-0.2, 0) is 5.41 Å². The van der Waals surface area contributed by atoms with Crippen molar-refractivity contribution in [3.05, 3.63) is 221 Å². The van der Waals surface area contributed by atoms with E-state index in [0.717, 1.165) is 0 Å². The van der Waals surface area contributed by atoms with E-state index in [1.807, 2.05) is 0 Å². The van der Waals surface area contributed by atoms with Gasteiger partial charge < -0.3 is 4.90 Å². The van der Waals surface area contributed by atoms with Gasteiger partial charge in [0, 0.05) is 16.9 Å². The molecule has 284 valence electrons. The van der Waals surface area contributed by atoms with E-state index >= 15 is 0 Å². The van der Waals surface area contributed by atoms with E-state index in [1.165, 1.54) is 121 Å². The molecule has 0 bridgehead atoms. The summed E-state index contributed by atoms with van der Waals surface area (Å²) in [5.41, 5.74) is 17.6. The van der Waals surface area contributed by atoms with Crippen LogP contribution in [-0.4, -0.2) is 0 Å². The smallest absolute Gasteiger partial charge is 0.0714 e. The predicted octanol–water partition coefficient (Wildman–Crippen LogP) is 15.8. The predicted molar refractivity (Wildman–Crippen MR) is 246 cm³/mol. The number of benzene rings is 8. The van der Waals surface area contributed by atoms with Gasteiger partial charge in [-0.3, -0.25) is 0 Å². The van der Waals surface area contributed by atoms with Crippen LogP contribution in [0, 0.1) is 6.92 Å². The van der Waals surface area contributed by atoms with Crippen molar-refractivity contribution >= 4 is 27.8 Å². The average molecular weight is 750 g/mol. The van der Waals surface area contributed by atoms with Crippen molar-refractivity contribution in [1.82, 2.24) is 0 Å². The first-order chi connectivity index (χ1) is 28.5. The molecule has 0 heterocycles. The SMILES string of the molecule is Cc1cccc2c1-c1ccc(N(c3cccc(C4CCCCC4)c3)c3cc4ccccc4cc3-c3ccccc3C(C)C)cc1C2(c1ccccc1)c1ccccc1. The highest BCUT2D eigenvalue weighted by molar-refractivity contribution is 6.00. The van der Waals surface area contributed by atoms with Crippen LogP contribution in [0.15, 0.2) is 182 Å².